The van der Waals surface area contributed by atoms with E-state index >= 15 is 0 Å². The molecule has 0 N–H and O–H groups in total. The molecule has 0 aliphatic carbocycles. The molecule has 88 valence electrons. The van der Waals surface area contributed by atoms with Crippen molar-refractivity contribution in [1.82, 2.24) is 0 Å². The van der Waals surface area contributed by atoms with Gasteiger partial charge in [0.15, 0.2) is 0 Å². The molecule has 0 saturated carbocycles. The fourth-order valence-electron chi connectivity index (χ4n) is 1.57. The van der Waals surface area contributed by atoms with Crippen LogP contribution < -0.4 is 0 Å². The number of hydrogen-bond donors (Lipinski definition) is 0. The molecule has 0 radical (unpaired) electrons. The first kappa shape index (κ1) is 14.8. The lowest BCUT2D eigenvalue weighted by Gasteiger charge is -2.02. The summed E-state index contributed by atoms with van der Waals surface area (Å²) in [6.45, 7) is 5.97. The molecule has 0 fully saturated rings. The first-order chi connectivity index (χ1) is 7.35. The van der Waals surface area contributed by atoms with E-state index in [0.717, 1.165) is 12.8 Å². The van der Waals surface area contributed by atoms with Gasteiger partial charge in [0.25, 0.3) is 0 Å². The lowest BCUT2D eigenvalue weighted by atomic mass is 10.1. The topological polar surface area (TPSA) is 0 Å². The summed E-state index contributed by atoms with van der Waals surface area (Å²) in [7, 11) is 0. The molecule has 0 amide bonds. The first-order valence-electron chi connectivity index (χ1n) is 6.19. The van der Waals surface area contributed by atoms with Crippen LogP contribution in [0.5, 0.6) is 0 Å². The highest BCUT2D eigenvalue weighted by Gasteiger charge is 1.95. The molecule has 0 nitrogen and oxygen atoms in total. The molecule has 0 aromatic carbocycles. The van der Waals surface area contributed by atoms with E-state index in [2.05, 4.69) is 19.6 Å². The molecule has 0 aliphatic rings. The molecule has 0 spiro atoms. The third-order valence-electron chi connectivity index (χ3n) is 2.57. The predicted octanol–water partition coefficient (Wildman–Crippen LogP) is 5.48. The van der Waals surface area contributed by atoms with Crippen LogP contribution in [-0.4, -0.2) is 5.88 Å². The zero-order valence-electron chi connectivity index (χ0n) is 10.1. The van der Waals surface area contributed by atoms with Crippen molar-refractivity contribution in [3.8, 4) is 0 Å². The maximum Gasteiger partial charge on any atom is 0.0433 e. The van der Waals surface area contributed by atoms with E-state index in [4.69, 9.17) is 11.6 Å². The Balaban J connectivity index is 3.54. The SMILES string of the molecule is C=CCCC/C(=C\CCCCCC)CCl. The van der Waals surface area contributed by atoms with Gasteiger partial charge in [-0.05, 0) is 32.1 Å². The van der Waals surface area contributed by atoms with Gasteiger partial charge in [0.1, 0.15) is 0 Å². The Hall–Kier alpha value is -0.230. The van der Waals surface area contributed by atoms with Crippen molar-refractivity contribution in [3.63, 3.8) is 0 Å². The molecular weight excluding hydrogens is 204 g/mol. The smallest absolute Gasteiger partial charge is 0.0433 e. The van der Waals surface area contributed by atoms with E-state index in [9.17, 15) is 0 Å². The zero-order chi connectivity index (χ0) is 11.4. The third-order valence-corrected chi connectivity index (χ3v) is 2.91. The van der Waals surface area contributed by atoms with Gasteiger partial charge in [-0.1, -0.05) is 43.9 Å². The summed E-state index contributed by atoms with van der Waals surface area (Å²) in [6, 6.07) is 0. The Kier molecular flexibility index (Phi) is 11.7. The summed E-state index contributed by atoms with van der Waals surface area (Å²) in [5.74, 6) is 0.699. The first-order valence-corrected chi connectivity index (χ1v) is 6.73. The largest absolute Gasteiger partial charge is 0.122 e. The minimum absolute atomic E-state index is 0.699. The van der Waals surface area contributed by atoms with Crippen LogP contribution in [0.15, 0.2) is 24.3 Å². The number of halogens is 1. The van der Waals surface area contributed by atoms with Crippen molar-refractivity contribution in [3.05, 3.63) is 24.3 Å². The highest BCUT2D eigenvalue weighted by atomic mass is 35.5. The van der Waals surface area contributed by atoms with Crippen LogP contribution in [-0.2, 0) is 0 Å². The Morgan fingerprint density at radius 1 is 1.13 bits per heavy atom. The maximum atomic E-state index is 5.89. The van der Waals surface area contributed by atoms with Crippen LogP contribution in [0.1, 0.15) is 58.3 Å². The second-order valence-electron chi connectivity index (χ2n) is 4.03. The van der Waals surface area contributed by atoms with Gasteiger partial charge in [0, 0.05) is 5.88 Å². The normalized spacial score (nSPS) is 11.7. The monoisotopic (exact) mass is 228 g/mol. The van der Waals surface area contributed by atoms with Gasteiger partial charge in [-0.2, -0.15) is 0 Å². The van der Waals surface area contributed by atoms with E-state index in [1.165, 1.54) is 44.1 Å². The minimum atomic E-state index is 0.699. The van der Waals surface area contributed by atoms with Gasteiger partial charge in [0.2, 0.25) is 0 Å². The fourth-order valence-corrected chi connectivity index (χ4v) is 1.82. The van der Waals surface area contributed by atoms with Crippen molar-refractivity contribution in [2.45, 2.75) is 58.3 Å². The van der Waals surface area contributed by atoms with E-state index in [-0.39, 0.29) is 0 Å². The van der Waals surface area contributed by atoms with Gasteiger partial charge in [-0.3, -0.25) is 0 Å². The fraction of sp³-hybridized carbons (Fsp3) is 0.714. The molecule has 0 heterocycles. The average molecular weight is 229 g/mol. The van der Waals surface area contributed by atoms with E-state index in [1.807, 2.05) is 6.08 Å². The van der Waals surface area contributed by atoms with Crippen molar-refractivity contribution in [2.24, 2.45) is 0 Å². The summed E-state index contributed by atoms with van der Waals surface area (Å²) in [5.41, 5.74) is 1.41. The Morgan fingerprint density at radius 3 is 2.53 bits per heavy atom. The van der Waals surface area contributed by atoms with E-state index in [0.29, 0.717) is 5.88 Å². The second-order valence-corrected chi connectivity index (χ2v) is 4.29. The van der Waals surface area contributed by atoms with Crippen LogP contribution in [0.4, 0.5) is 0 Å². The number of allylic oxidation sites excluding steroid dienone is 3. The van der Waals surface area contributed by atoms with Crippen LogP contribution >= 0.6 is 11.6 Å². The van der Waals surface area contributed by atoms with Crippen LogP contribution in [0, 0.1) is 0 Å². The number of hydrogen-bond acceptors (Lipinski definition) is 0. The van der Waals surface area contributed by atoms with E-state index in [1.54, 1.807) is 0 Å². The van der Waals surface area contributed by atoms with Crippen LogP contribution in [0.25, 0.3) is 0 Å². The zero-order valence-corrected chi connectivity index (χ0v) is 10.9. The predicted molar refractivity (Wildman–Crippen MR) is 71.6 cm³/mol. The van der Waals surface area contributed by atoms with Gasteiger partial charge < -0.3 is 0 Å². The Bertz CT molecular complexity index is 170. The summed E-state index contributed by atoms with van der Waals surface area (Å²) in [4.78, 5) is 0. The number of alkyl halides is 1. The summed E-state index contributed by atoms with van der Waals surface area (Å²) in [6.07, 6.45) is 14.3. The van der Waals surface area contributed by atoms with Crippen molar-refractivity contribution in [1.29, 1.82) is 0 Å². The summed E-state index contributed by atoms with van der Waals surface area (Å²) < 4.78 is 0. The van der Waals surface area contributed by atoms with Gasteiger partial charge >= 0.3 is 0 Å². The minimum Gasteiger partial charge on any atom is -0.122 e. The summed E-state index contributed by atoms with van der Waals surface area (Å²) >= 11 is 5.89. The van der Waals surface area contributed by atoms with Crippen molar-refractivity contribution in [2.75, 3.05) is 5.88 Å². The molecule has 0 aliphatic heterocycles. The molecule has 0 bridgehead atoms. The molecule has 0 aromatic rings. The average Bonchev–Trinajstić information content (AvgIpc) is 2.26. The molecule has 0 unspecified atom stereocenters. The molecular formula is C14H25Cl. The van der Waals surface area contributed by atoms with Crippen LogP contribution in [0.2, 0.25) is 0 Å². The van der Waals surface area contributed by atoms with Gasteiger partial charge in [0.05, 0.1) is 0 Å². The number of unbranched alkanes of at least 4 members (excludes halogenated alkanes) is 5. The maximum absolute atomic E-state index is 5.89. The van der Waals surface area contributed by atoms with Crippen molar-refractivity contribution < 1.29 is 0 Å². The highest BCUT2D eigenvalue weighted by Crippen LogP contribution is 2.12. The van der Waals surface area contributed by atoms with E-state index < -0.39 is 0 Å². The quantitative estimate of drug-likeness (QED) is 0.264. The third kappa shape index (κ3) is 10.1. The number of rotatable bonds is 10. The van der Waals surface area contributed by atoms with Gasteiger partial charge in [-0.25, -0.2) is 0 Å². The lowest BCUT2D eigenvalue weighted by Crippen LogP contribution is -1.86. The second kappa shape index (κ2) is 11.8. The Morgan fingerprint density at radius 2 is 1.93 bits per heavy atom. The van der Waals surface area contributed by atoms with Gasteiger partial charge in [-0.15, -0.1) is 18.2 Å². The molecule has 0 saturated heterocycles. The Labute approximate surface area is 100 Å². The van der Waals surface area contributed by atoms with Crippen molar-refractivity contribution >= 4 is 11.6 Å². The highest BCUT2D eigenvalue weighted by molar-refractivity contribution is 6.19. The molecule has 1 heteroatoms. The molecule has 0 atom stereocenters. The van der Waals surface area contributed by atoms with Crippen LogP contribution in [0.3, 0.4) is 0 Å². The lowest BCUT2D eigenvalue weighted by molar-refractivity contribution is 0.671. The molecule has 0 rings (SSSR count). The standard InChI is InChI=1S/C14H25Cl/c1-3-5-7-8-10-12-14(13-15)11-9-6-4-2/h4,12H,2-3,5-11,13H2,1H3/b14-12+. The summed E-state index contributed by atoms with van der Waals surface area (Å²) in [5, 5.41) is 0. The molecule has 0 aromatic heterocycles. The molecule has 15 heavy (non-hydrogen) atoms.